The second-order valence-corrected chi connectivity index (χ2v) is 7.10. The molecule has 1 heterocycles. The molecule has 7 heteroatoms. The number of nitrogens with zero attached hydrogens (tertiary/aromatic N) is 1. The van der Waals surface area contributed by atoms with Gasteiger partial charge in [-0.3, -0.25) is 4.79 Å². The second kappa shape index (κ2) is 8.61. The first kappa shape index (κ1) is 19.5. The summed E-state index contributed by atoms with van der Waals surface area (Å²) in [7, 11) is 0. The molecule has 1 aliphatic carbocycles. The maximum Gasteiger partial charge on any atom is 0.341 e. The largest absolute Gasteiger partial charge is 0.490 e. The Hall–Kier alpha value is -2.28. The Morgan fingerprint density at radius 1 is 1.19 bits per heavy atom. The van der Waals surface area contributed by atoms with E-state index in [0.717, 1.165) is 25.7 Å². The van der Waals surface area contributed by atoms with Crippen LogP contribution in [-0.4, -0.2) is 60.4 Å². The number of hydrogen-bond donors (Lipinski definition) is 1. The summed E-state index contributed by atoms with van der Waals surface area (Å²) >= 11 is 0. The Balaban J connectivity index is 1.75. The first-order chi connectivity index (χ1) is 13.0. The van der Waals surface area contributed by atoms with Crippen molar-refractivity contribution < 1.29 is 28.9 Å². The predicted octanol–water partition coefficient (Wildman–Crippen LogP) is 2.72. The van der Waals surface area contributed by atoms with E-state index in [9.17, 15) is 9.59 Å². The number of carboxylic acid groups (broad SMARTS) is 1. The van der Waals surface area contributed by atoms with E-state index in [1.54, 1.807) is 18.2 Å². The van der Waals surface area contributed by atoms with Crippen LogP contribution in [0.1, 0.15) is 49.4 Å². The lowest BCUT2D eigenvalue weighted by Gasteiger charge is -2.45. The van der Waals surface area contributed by atoms with Crippen molar-refractivity contribution in [3.05, 3.63) is 23.8 Å². The number of carbonyl (C=O) groups is 2. The van der Waals surface area contributed by atoms with Gasteiger partial charge in [-0.1, -0.05) is 19.3 Å². The number of aliphatic carboxylic acids is 1. The molecule has 1 aromatic carbocycles. The van der Waals surface area contributed by atoms with Gasteiger partial charge in [0, 0.05) is 12.1 Å². The zero-order valence-electron chi connectivity index (χ0n) is 15.7. The molecule has 0 bridgehead atoms. The Morgan fingerprint density at radius 3 is 2.67 bits per heavy atom. The Labute approximate surface area is 159 Å². The first-order valence-corrected chi connectivity index (χ1v) is 9.58. The van der Waals surface area contributed by atoms with Crippen molar-refractivity contribution in [1.82, 2.24) is 4.90 Å². The van der Waals surface area contributed by atoms with Gasteiger partial charge in [-0.25, -0.2) is 4.79 Å². The van der Waals surface area contributed by atoms with Gasteiger partial charge in [-0.15, -0.1) is 0 Å². The van der Waals surface area contributed by atoms with E-state index in [-0.39, 0.29) is 11.5 Å². The smallest absolute Gasteiger partial charge is 0.341 e. The van der Waals surface area contributed by atoms with E-state index in [1.165, 1.54) is 6.42 Å². The molecule has 1 N–H and O–H groups in total. The van der Waals surface area contributed by atoms with Gasteiger partial charge in [0.15, 0.2) is 18.1 Å². The van der Waals surface area contributed by atoms with Crippen molar-refractivity contribution >= 4 is 11.9 Å². The maximum absolute atomic E-state index is 13.0. The number of carbonyl (C=O) groups excluding carboxylic acids is 1. The summed E-state index contributed by atoms with van der Waals surface area (Å²) in [6.45, 7) is 3.50. The van der Waals surface area contributed by atoms with Crippen LogP contribution in [0.15, 0.2) is 18.2 Å². The Kier molecular flexibility index (Phi) is 6.21. The van der Waals surface area contributed by atoms with Crippen molar-refractivity contribution in [1.29, 1.82) is 0 Å². The molecule has 1 amide bonds. The zero-order valence-corrected chi connectivity index (χ0v) is 15.7. The fraction of sp³-hybridized carbons (Fsp3) is 0.600. The van der Waals surface area contributed by atoms with Gasteiger partial charge in [0.1, 0.15) is 0 Å². The molecule has 0 atom stereocenters. The average molecular weight is 377 g/mol. The molecule has 2 aliphatic rings. The molecule has 2 fully saturated rings. The summed E-state index contributed by atoms with van der Waals surface area (Å²) in [5.74, 6) is -0.426. The topological polar surface area (TPSA) is 85.3 Å². The van der Waals surface area contributed by atoms with Crippen LogP contribution in [0.4, 0.5) is 0 Å². The van der Waals surface area contributed by atoms with E-state index in [4.69, 9.17) is 19.3 Å². The maximum atomic E-state index is 13.0. The van der Waals surface area contributed by atoms with E-state index in [1.807, 2.05) is 11.8 Å². The van der Waals surface area contributed by atoms with Gasteiger partial charge in [-0.2, -0.15) is 0 Å². The summed E-state index contributed by atoms with van der Waals surface area (Å²) in [4.78, 5) is 25.6. The van der Waals surface area contributed by atoms with Crippen LogP contribution >= 0.6 is 0 Å². The number of hydrogen-bond acceptors (Lipinski definition) is 5. The normalized spacial score (nSPS) is 18.9. The van der Waals surface area contributed by atoms with Crippen LogP contribution in [0.5, 0.6) is 11.5 Å². The van der Waals surface area contributed by atoms with Gasteiger partial charge < -0.3 is 24.2 Å². The van der Waals surface area contributed by atoms with Crippen molar-refractivity contribution in [2.45, 2.75) is 44.6 Å². The zero-order chi connectivity index (χ0) is 19.3. The third kappa shape index (κ3) is 4.71. The van der Waals surface area contributed by atoms with E-state index >= 15 is 0 Å². The SMILES string of the molecule is CCOc1cc(C(=O)N2CCOC3(CCCCC3)C2)ccc1OCC(=O)O. The summed E-state index contributed by atoms with van der Waals surface area (Å²) in [6, 6.07) is 4.88. The number of rotatable bonds is 6. The molecule has 1 spiro atoms. The summed E-state index contributed by atoms with van der Waals surface area (Å²) in [6.07, 6.45) is 5.53. The molecule has 1 saturated carbocycles. The quantitative estimate of drug-likeness (QED) is 0.820. The van der Waals surface area contributed by atoms with Crippen LogP contribution < -0.4 is 9.47 Å². The van der Waals surface area contributed by atoms with Crippen LogP contribution in [0.25, 0.3) is 0 Å². The molecule has 1 saturated heterocycles. The number of carboxylic acids is 1. The minimum absolute atomic E-state index is 0.0611. The number of morpholine rings is 1. The van der Waals surface area contributed by atoms with Gasteiger partial charge in [0.05, 0.1) is 25.4 Å². The van der Waals surface area contributed by atoms with Crippen LogP contribution in [0, 0.1) is 0 Å². The van der Waals surface area contributed by atoms with Gasteiger partial charge in [-0.05, 0) is 38.0 Å². The summed E-state index contributed by atoms with van der Waals surface area (Å²) in [5, 5.41) is 8.79. The highest BCUT2D eigenvalue weighted by Crippen LogP contribution is 2.35. The molecule has 0 radical (unpaired) electrons. The number of ether oxygens (including phenoxy) is 3. The van der Waals surface area contributed by atoms with Gasteiger partial charge >= 0.3 is 5.97 Å². The lowest BCUT2D eigenvalue weighted by atomic mass is 9.83. The van der Waals surface area contributed by atoms with E-state index < -0.39 is 12.6 Å². The molecule has 148 valence electrons. The molecule has 1 aromatic rings. The lowest BCUT2D eigenvalue weighted by molar-refractivity contribution is -0.139. The highest BCUT2D eigenvalue weighted by atomic mass is 16.5. The standard InChI is InChI=1S/C20H27NO6/c1-2-25-17-12-15(6-7-16(17)26-13-18(22)23)19(24)21-10-11-27-20(14-21)8-4-3-5-9-20/h6-7,12H,2-5,8-11,13-14H2,1H3,(H,22,23). The third-order valence-corrected chi connectivity index (χ3v) is 5.14. The van der Waals surface area contributed by atoms with E-state index in [2.05, 4.69) is 0 Å². The molecular weight excluding hydrogens is 350 g/mol. The fourth-order valence-electron chi connectivity index (χ4n) is 3.87. The number of amides is 1. The lowest BCUT2D eigenvalue weighted by Crippen LogP contribution is -2.54. The third-order valence-electron chi connectivity index (χ3n) is 5.14. The first-order valence-electron chi connectivity index (χ1n) is 9.58. The Bertz CT molecular complexity index is 678. The highest BCUT2D eigenvalue weighted by molar-refractivity contribution is 5.95. The molecule has 3 rings (SSSR count). The van der Waals surface area contributed by atoms with Crippen LogP contribution in [0.2, 0.25) is 0 Å². The number of benzene rings is 1. The minimum atomic E-state index is -1.07. The van der Waals surface area contributed by atoms with Crippen LogP contribution in [-0.2, 0) is 9.53 Å². The Morgan fingerprint density at radius 2 is 1.96 bits per heavy atom. The monoisotopic (exact) mass is 377 g/mol. The molecule has 0 aromatic heterocycles. The van der Waals surface area contributed by atoms with E-state index in [0.29, 0.717) is 43.4 Å². The highest BCUT2D eigenvalue weighted by Gasteiger charge is 2.39. The second-order valence-electron chi connectivity index (χ2n) is 7.10. The van der Waals surface area contributed by atoms with Crippen LogP contribution in [0.3, 0.4) is 0 Å². The van der Waals surface area contributed by atoms with Crippen molar-refractivity contribution in [3.8, 4) is 11.5 Å². The molecule has 0 unspecified atom stereocenters. The molecule has 27 heavy (non-hydrogen) atoms. The average Bonchev–Trinajstić information content (AvgIpc) is 2.67. The predicted molar refractivity (Wildman–Crippen MR) is 98.4 cm³/mol. The van der Waals surface area contributed by atoms with Crippen molar-refractivity contribution in [2.75, 3.05) is 32.9 Å². The molecule has 7 nitrogen and oxygen atoms in total. The summed E-state index contributed by atoms with van der Waals surface area (Å²) < 4.78 is 16.9. The summed E-state index contributed by atoms with van der Waals surface area (Å²) in [5.41, 5.74) is 0.313. The van der Waals surface area contributed by atoms with Gasteiger partial charge in [0.25, 0.3) is 5.91 Å². The van der Waals surface area contributed by atoms with Crippen molar-refractivity contribution in [2.24, 2.45) is 0 Å². The minimum Gasteiger partial charge on any atom is -0.490 e. The van der Waals surface area contributed by atoms with Gasteiger partial charge in [0.2, 0.25) is 0 Å². The fourth-order valence-corrected chi connectivity index (χ4v) is 3.87. The van der Waals surface area contributed by atoms with Crippen molar-refractivity contribution in [3.63, 3.8) is 0 Å². The molecular formula is C20H27NO6. The molecule has 1 aliphatic heterocycles.